The molecule has 0 N–H and O–H groups in total. The van der Waals surface area contributed by atoms with Gasteiger partial charge in [0.2, 0.25) is 0 Å². The van der Waals surface area contributed by atoms with E-state index in [2.05, 4.69) is 35.8 Å². The molecule has 0 spiro atoms. The summed E-state index contributed by atoms with van der Waals surface area (Å²) in [5.41, 5.74) is 2.51. The molecule has 0 amide bonds. The number of rotatable bonds is 3. The number of aryl methyl sites for hydroxylation is 1. The van der Waals surface area contributed by atoms with Gasteiger partial charge in [0, 0.05) is 5.33 Å². The van der Waals surface area contributed by atoms with Crippen molar-refractivity contribution in [1.82, 2.24) is 0 Å². The number of alkyl halides is 1. The lowest BCUT2D eigenvalue weighted by molar-refractivity contribution is 0.342. The minimum absolute atomic E-state index is 0.726. The highest BCUT2D eigenvalue weighted by Gasteiger charge is 1.99. The fraction of sp³-hybridized carbons (Fsp3) is 0.400. The van der Waals surface area contributed by atoms with Crippen molar-refractivity contribution in [2.24, 2.45) is 0 Å². The Bertz CT molecular complexity index is 258. The first kappa shape index (κ1) is 9.59. The van der Waals surface area contributed by atoms with Gasteiger partial charge in [0.05, 0.1) is 6.61 Å². The van der Waals surface area contributed by atoms with E-state index in [0.29, 0.717) is 0 Å². The van der Waals surface area contributed by atoms with E-state index in [9.17, 15) is 0 Å². The molecule has 0 unspecified atom stereocenters. The standard InChI is InChI=1S/C10H13BrO/c1-8-4-3-5-10(9(8)2)12-7-6-11/h3-5H,6-7H2,1-2H3. The highest BCUT2D eigenvalue weighted by atomic mass is 79.9. The molecule has 0 aliphatic heterocycles. The Hall–Kier alpha value is -0.500. The second-order valence-corrected chi connectivity index (χ2v) is 3.53. The van der Waals surface area contributed by atoms with Crippen LogP contribution in [0.1, 0.15) is 11.1 Å². The lowest BCUT2D eigenvalue weighted by Gasteiger charge is -2.08. The molecule has 0 bridgehead atoms. The van der Waals surface area contributed by atoms with Crippen molar-refractivity contribution in [2.45, 2.75) is 13.8 Å². The summed E-state index contributed by atoms with van der Waals surface area (Å²) in [7, 11) is 0. The van der Waals surface area contributed by atoms with Gasteiger partial charge in [0.15, 0.2) is 0 Å². The van der Waals surface area contributed by atoms with Crippen molar-refractivity contribution in [2.75, 3.05) is 11.9 Å². The molecule has 1 nitrogen and oxygen atoms in total. The smallest absolute Gasteiger partial charge is 0.122 e. The molecule has 0 atom stereocenters. The second kappa shape index (κ2) is 4.51. The first-order valence-corrected chi connectivity index (χ1v) is 5.13. The number of halogens is 1. The van der Waals surface area contributed by atoms with E-state index in [1.807, 2.05) is 12.1 Å². The van der Waals surface area contributed by atoms with Gasteiger partial charge in [-0.05, 0) is 31.0 Å². The Kier molecular flexibility index (Phi) is 3.60. The number of benzene rings is 1. The number of hydrogen-bond donors (Lipinski definition) is 0. The van der Waals surface area contributed by atoms with Crippen LogP contribution in [0.5, 0.6) is 5.75 Å². The fourth-order valence-electron chi connectivity index (χ4n) is 1.03. The normalized spacial score (nSPS) is 9.92. The fourth-order valence-corrected chi connectivity index (χ4v) is 1.19. The first-order valence-electron chi connectivity index (χ1n) is 4.00. The molecular formula is C10H13BrO. The van der Waals surface area contributed by atoms with Crippen molar-refractivity contribution in [3.05, 3.63) is 29.3 Å². The van der Waals surface area contributed by atoms with E-state index in [1.54, 1.807) is 0 Å². The van der Waals surface area contributed by atoms with Crippen LogP contribution in [0.15, 0.2) is 18.2 Å². The maximum Gasteiger partial charge on any atom is 0.122 e. The zero-order chi connectivity index (χ0) is 8.97. The summed E-state index contributed by atoms with van der Waals surface area (Å²) in [6.45, 7) is 4.90. The first-order chi connectivity index (χ1) is 5.75. The van der Waals surface area contributed by atoms with E-state index in [1.165, 1.54) is 11.1 Å². The molecule has 0 heterocycles. The minimum Gasteiger partial charge on any atom is -0.492 e. The van der Waals surface area contributed by atoms with Crippen LogP contribution in [0, 0.1) is 13.8 Å². The van der Waals surface area contributed by atoms with Crippen LogP contribution in [0.2, 0.25) is 0 Å². The Labute approximate surface area is 81.9 Å². The Morgan fingerprint density at radius 3 is 2.75 bits per heavy atom. The van der Waals surface area contributed by atoms with Crippen molar-refractivity contribution in [3.63, 3.8) is 0 Å². The molecule has 2 heteroatoms. The van der Waals surface area contributed by atoms with Crippen LogP contribution < -0.4 is 4.74 Å². The average Bonchev–Trinajstić information content (AvgIpc) is 2.08. The lowest BCUT2D eigenvalue weighted by atomic mass is 10.1. The molecule has 0 saturated heterocycles. The maximum absolute atomic E-state index is 5.52. The van der Waals surface area contributed by atoms with E-state index < -0.39 is 0 Å². The third kappa shape index (κ3) is 2.24. The molecule has 1 aromatic carbocycles. The summed E-state index contributed by atoms with van der Waals surface area (Å²) in [4.78, 5) is 0. The Morgan fingerprint density at radius 2 is 2.08 bits per heavy atom. The van der Waals surface area contributed by atoms with Gasteiger partial charge >= 0.3 is 0 Å². The number of ether oxygens (including phenoxy) is 1. The van der Waals surface area contributed by atoms with Crippen LogP contribution in [-0.2, 0) is 0 Å². The van der Waals surface area contributed by atoms with Crippen molar-refractivity contribution in [3.8, 4) is 5.75 Å². The summed E-state index contributed by atoms with van der Waals surface area (Å²) in [5.74, 6) is 0.995. The molecule has 1 aromatic rings. The van der Waals surface area contributed by atoms with Gasteiger partial charge in [-0.3, -0.25) is 0 Å². The van der Waals surface area contributed by atoms with Crippen LogP contribution in [0.3, 0.4) is 0 Å². The molecule has 0 saturated carbocycles. The maximum atomic E-state index is 5.52. The number of hydrogen-bond acceptors (Lipinski definition) is 1. The van der Waals surface area contributed by atoms with Gasteiger partial charge in [-0.15, -0.1) is 0 Å². The van der Waals surface area contributed by atoms with Crippen molar-refractivity contribution >= 4 is 15.9 Å². The van der Waals surface area contributed by atoms with E-state index in [-0.39, 0.29) is 0 Å². The summed E-state index contributed by atoms with van der Waals surface area (Å²) < 4.78 is 5.52. The molecule has 0 aliphatic carbocycles. The van der Waals surface area contributed by atoms with Gasteiger partial charge in [-0.1, -0.05) is 28.1 Å². The topological polar surface area (TPSA) is 9.23 Å². The largest absolute Gasteiger partial charge is 0.492 e. The molecule has 0 radical (unpaired) electrons. The molecule has 66 valence electrons. The third-order valence-corrected chi connectivity index (χ3v) is 2.21. The monoisotopic (exact) mass is 228 g/mol. The molecule has 0 aromatic heterocycles. The summed E-state index contributed by atoms with van der Waals surface area (Å²) >= 11 is 3.32. The molecule has 0 fully saturated rings. The molecule has 12 heavy (non-hydrogen) atoms. The van der Waals surface area contributed by atoms with E-state index in [4.69, 9.17) is 4.74 Å². The van der Waals surface area contributed by atoms with Crippen molar-refractivity contribution < 1.29 is 4.74 Å². The SMILES string of the molecule is Cc1cccc(OCCBr)c1C. The zero-order valence-corrected chi connectivity index (χ0v) is 9.02. The highest BCUT2D eigenvalue weighted by Crippen LogP contribution is 2.20. The predicted molar refractivity (Wildman–Crippen MR) is 55.2 cm³/mol. The van der Waals surface area contributed by atoms with Gasteiger partial charge in [0.1, 0.15) is 5.75 Å². The Morgan fingerprint density at radius 1 is 1.33 bits per heavy atom. The Balaban J connectivity index is 2.78. The quantitative estimate of drug-likeness (QED) is 0.723. The molecular weight excluding hydrogens is 216 g/mol. The third-order valence-electron chi connectivity index (χ3n) is 1.89. The summed E-state index contributed by atoms with van der Waals surface area (Å²) in [6.07, 6.45) is 0. The van der Waals surface area contributed by atoms with Gasteiger partial charge in [-0.2, -0.15) is 0 Å². The summed E-state index contributed by atoms with van der Waals surface area (Å²) in [5, 5.41) is 0.875. The van der Waals surface area contributed by atoms with Crippen LogP contribution in [-0.4, -0.2) is 11.9 Å². The van der Waals surface area contributed by atoms with Crippen LogP contribution in [0.25, 0.3) is 0 Å². The zero-order valence-electron chi connectivity index (χ0n) is 7.43. The van der Waals surface area contributed by atoms with Gasteiger partial charge < -0.3 is 4.74 Å². The van der Waals surface area contributed by atoms with Gasteiger partial charge in [0.25, 0.3) is 0 Å². The van der Waals surface area contributed by atoms with E-state index in [0.717, 1.165) is 17.7 Å². The van der Waals surface area contributed by atoms with Crippen LogP contribution >= 0.6 is 15.9 Å². The van der Waals surface area contributed by atoms with Crippen LogP contribution in [0.4, 0.5) is 0 Å². The highest BCUT2D eigenvalue weighted by molar-refractivity contribution is 9.09. The average molecular weight is 229 g/mol. The predicted octanol–water partition coefficient (Wildman–Crippen LogP) is 3.08. The lowest BCUT2D eigenvalue weighted by Crippen LogP contribution is -1.99. The van der Waals surface area contributed by atoms with Crippen molar-refractivity contribution in [1.29, 1.82) is 0 Å². The minimum atomic E-state index is 0.726. The van der Waals surface area contributed by atoms with E-state index >= 15 is 0 Å². The molecule has 0 aliphatic rings. The molecule has 1 rings (SSSR count). The summed E-state index contributed by atoms with van der Waals surface area (Å²) in [6, 6.07) is 6.12. The van der Waals surface area contributed by atoms with Gasteiger partial charge in [-0.25, -0.2) is 0 Å². The second-order valence-electron chi connectivity index (χ2n) is 2.74.